The molecule has 0 saturated carbocycles. The van der Waals surface area contributed by atoms with Gasteiger partial charge in [-0.3, -0.25) is 20.4 Å². The third-order valence-electron chi connectivity index (χ3n) is 5.36. The van der Waals surface area contributed by atoms with Crippen LogP contribution in [0.25, 0.3) is 0 Å². The number of hydrogen-bond donors (Lipinski definition) is 2. The average molecular weight is 449 g/mol. The fourth-order valence-electron chi connectivity index (χ4n) is 3.59. The molecule has 2 N–H and O–H groups in total. The summed E-state index contributed by atoms with van der Waals surface area (Å²) in [5.74, 6) is -0.292. The van der Waals surface area contributed by atoms with Gasteiger partial charge in [0.05, 0.1) is 18.7 Å². The molecule has 1 aliphatic heterocycles. The first kappa shape index (κ1) is 22.1. The lowest BCUT2D eigenvalue weighted by molar-refractivity contribution is -0.125. The molecule has 7 nitrogen and oxygen atoms in total. The number of anilines is 2. The summed E-state index contributed by atoms with van der Waals surface area (Å²) in [5.41, 5.74) is 7.72. The van der Waals surface area contributed by atoms with Gasteiger partial charge in [-0.05, 0) is 42.0 Å². The monoisotopic (exact) mass is 449 g/mol. The second-order valence-electron chi connectivity index (χ2n) is 7.64. The van der Waals surface area contributed by atoms with Gasteiger partial charge in [-0.25, -0.2) is 4.39 Å². The van der Waals surface area contributed by atoms with Gasteiger partial charge in [0.15, 0.2) is 11.5 Å². The quantitative estimate of drug-likeness (QED) is 0.510. The summed E-state index contributed by atoms with van der Waals surface area (Å²) in [7, 11) is 1.54. The van der Waals surface area contributed by atoms with Crippen LogP contribution in [-0.4, -0.2) is 25.5 Å². The fourth-order valence-corrected chi connectivity index (χ4v) is 3.59. The molecule has 8 heteroatoms. The minimum absolute atomic E-state index is 0.0838. The van der Waals surface area contributed by atoms with E-state index < -0.39 is 5.92 Å². The number of nitrogens with one attached hydrogen (secondary N) is 2. The van der Waals surface area contributed by atoms with E-state index in [-0.39, 0.29) is 30.6 Å². The molecule has 0 unspecified atom stereocenters. The molecule has 0 spiro atoms. The molecule has 4 rings (SSSR count). The van der Waals surface area contributed by atoms with Crippen molar-refractivity contribution in [2.75, 3.05) is 24.0 Å². The van der Waals surface area contributed by atoms with Crippen LogP contribution in [0.3, 0.4) is 0 Å². The Bertz CT molecular complexity index is 1120. The number of rotatable bonds is 8. The molecule has 1 aliphatic rings. The second kappa shape index (κ2) is 10.0. The number of carbonyl (C=O) groups is 2. The Balaban J connectivity index is 1.33. The zero-order valence-electron chi connectivity index (χ0n) is 18.1. The molecule has 1 atom stereocenters. The van der Waals surface area contributed by atoms with E-state index in [1.165, 1.54) is 29.2 Å². The summed E-state index contributed by atoms with van der Waals surface area (Å²) in [5, 5.41) is 0. The number of nitrogens with zero attached hydrogens (tertiary/aromatic N) is 1. The lowest BCUT2D eigenvalue weighted by atomic mass is 10.1. The molecular weight excluding hydrogens is 425 g/mol. The summed E-state index contributed by atoms with van der Waals surface area (Å²) >= 11 is 0. The molecular formula is C25H24FN3O4. The van der Waals surface area contributed by atoms with E-state index in [0.29, 0.717) is 29.5 Å². The highest BCUT2D eigenvalue weighted by Gasteiger charge is 2.35. The molecule has 2 amide bonds. The molecule has 1 fully saturated rings. The maximum atomic E-state index is 13.1. The Labute approximate surface area is 191 Å². The van der Waals surface area contributed by atoms with Gasteiger partial charge in [0.25, 0.3) is 0 Å². The Kier molecular flexibility index (Phi) is 6.73. The van der Waals surface area contributed by atoms with E-state index in [1.807, 2.05) is 30.3 Å². The van der Waals surface area contributed by atoms with Crippen molar-refractivity contribution in [1.29, 1.82) is 0 Å². The van der Waals surface area contributed by atoms with E-state index in [4.69, 9.17) is 9.47 Å². The molecule has 0 aromatic heterocycles. The number of benzene rings is 3. The van der Waals surface area contributed by atoms with Gasteiger partial charge in [-0.15, -0.1) is 0 Å². The Morgan fingerprint density at radius 2 is 1.82 bits per heavy atom. The molecule has 1 saturated heterocycles. The van der Waals surface area contributed by atoms with Crippen LogP contribution in [0.2, 0.25) is 0 Å². The van der Waals surface area contributed by atoms with Gasteiger partial charge in [-0.1, -0.05) is 30.3 Å². The van der Waals surface area contributed by atoms with E-state index in [1.54, 1.807) is 25.3 Å². The first-order valence-corrected chi connectivity index (χ1v) is 10.5. The van der Waals surface area contributed by atoms with Crippen molar-refractivity contribution in [3.63, 3.8) is 0 Å². The normalized spacial score (nSPS) is 15.3. The fraction of sp³-hybridized carbons (Fsp3) is 0.200. The number of carbonyl (C=O) groups excluding carboxylic acids is 2. The van der Waals surface area contributed by atoms with Gasteiger partial charge < -0.3 is 14.4 Å². The first-order valence-electron chi connectivity index (χ1n) is 10.5. The van der Waals surface area contributed by atoms with Crippen molar-refractivity contribution in [3.05, 3.63) is 84.2 Å². The van der Waals surface area contributed by atoms with Gasteiger partial charge >= 0.3 is 0 Å². The molecule has 0 radical (unpaired) electrons. The molecule has 0 bridgehead atoms. The van der Waals surface area contributed by atoms with Crippen LogP contribution < -0.4 is 25.2 Å². The van der Waals surface area contributed by atoms with E-state index in [9.17, 15) is 14.0 Å². The highest BCUT2D eigenvalue weighted by Crippen LogP contribution is 2.31. The Morgan fingerprint density at radius 3 is 2.55 bits per heavy atom. The largest absolute Gasteiger partial charge is 0.493 e. The summed E-state index contributed by atoms with van der Waals surface area (Å²) < 4.78 is 24.4. The summed E-state index contributed by atoms with van der Waals surface area (Å²) in [6, 6.07) is 20.6. The number of hydrogen-bond acceptors (Lipinski definition) is 5. The minimum Gasteiger partial charge on any atom is -0.493 e. The van der Waals surface area contributed by atoms with Crippen LogP contribution in [0.5, 0.6) is 11.5 Å². The highest BCUT2D eigenvalue weighted by atomic mass is 19.1. The number of hydrazine groups is 1. The zero-order chi connectivity index (χ0) is 23.2. The average Bonchev–Trinajstić information content (AvgIpc) is 3.24. The lowest BCUT2D eigenvalue weighted by Crippen LogP contribution is -2.36. The van der Waals surface area contributed by atoms with Crippen LogP contribution in [0.4, 0.5) is 15.8 Å². The summed E-state index contributed by atoms with van der Waals surface area (Å²) in [6.45, 7) is 0.633. The maximum Gasteiger partial charge on any atom is 0.243 e. The van der Waals surface area contributed by atoms with Crippen LogP contribution in [-0.2, 0) is 16.2 Å². The third-order valence-corrected chi connectivity index (χ3v) is 5.36. The van der Waals surface area contributed by atoms with Gasteiger partial charge in [-0.2, -0.15) is 0 Å². The van der Waals surface area contributed by atoms with E-state index in [2.05, 4.69) is 10.9 Å². The van der Waals surface area contributed by atoms with Gasteiger partial charge in [0.2, 0.25) is 11.8 Å². The number of halogens is 1. The minimum atomic E-state index is -0.523. The molecule has 3 aromatic carbocycles. The second-order valence-corrected chi connectivity index (χ2v) is 7.64. The number of methoxy groups -OCH3 is 1. The van der Waals surface area contributed by atoms with E-state index >= 15 is 0 Å². The van der Waals surface area contributed by atoms with Crippen LogP contribution in [0.1, 0.15) is 12.0 Å². The SMILES string of the molecule is COc1cc(NNC(=O)[C@H]2CC(=O)N(c3ccc(F)cc3)C2)ccc1OCc1ccccc1. The third kappa shape index (κ3) is 5.41. The van der Waals surface area contributed by atoms with Crippen LogP contribution in [0.15, 0.2) is 72.8 Å². The maximum absolute atomic E-state index is 13.1. The predicted octanol–water partition coefficient (Wildman–Crippen LogP) is 3.91. The lowest BCUT2D eigenvalue weighted by Gasteiger charge is -2.17. The van der Waals surface area contributed by atoms with Crippen molar-refractivity contribution in [2.24, 2.45) is 5.92 Å². The molecule has 170 valence electrons. The molecule has 0 aliphatic carbocycles. The van der Waals surface area contributed by atoms with Crippen molar-refractivity contribution in [1.82, 2.24) is 5.43 Å². The summed E-state index contributed by atoms with van der Waals surface area (Å²) in [4.78, 5) is 26.4. The van der Waals surface area contributed by atoms with E-state index in [0.717, 1.165) is 5.56 Å². The Morgan fingerprint density at radius 1 is 1.06 bits per heavy atom. The van der Waals surface area contributed by atoms with Crippen LogP contribution >= 0.6 is 0 Å². The first-order chi connectivity index (χ1) is 16.0. The summed E-state index contributed by atoms with van der Waals surface area (Å²) in [6.07, 6.45) is 0.0838. The smallest absolute Gasteiger partial charge is 0.243 e. The number of amides is 2. The molecule has 3 aromatic rings. The van der Waals surface area contributed by atoms with Crippen molar-refractivity contribution >= 4 is 23.2 Å². The molecule has 1 heterocycles. The van der Waals surface area contributed by atoms with Gasteiger partial charge in [0.1, 0.15) is 12.4 Å². The standard InChI is InChI=1S/C25H24FN3O4/c1-32-23-14-20(9-12-22(23)33-16-17-5-3-2-4-6-17)27-28-25(31)18-13-24(30)29(15-18)21-10-7-19(26)8-11-21/h2-12,14,18,27H,13,15-16H2,1H3,(H,28,31)/t18-/m0/s1. The predicted molar refractivity (Wildman–Crippen MR) is 122 cm³/mol. The molecule has 33 heavy (non-hydrogen) atoms. The van der Waals surface area contributed by atoms with Gasteiger partial charge in [0, 0.05) is 24.7 Å². The van der Waals surface area contributed by atoms with Crippen molar-refractivity contribution < 1.29 is 23.5 Å². The highest BCUT2D eigenvalue weighted by molar-refractivity contribution is 6.00. The zero-order valence-corrected chi connectivity index (χ0v) is 18.1. The topological polar surface area (TPSA) is 79.9 Å². The number of ether oxygens (including phenoxy) is 2. The van der Waals surface area contributed by atoms with Crippen LogP contribution in [0, 0.1) is 11.7 Å². The van der Waals surface area contributed by atoms with Crippen molar-refractivity contribution in [3.8, 4) is 11.5 Å². The van der Waals surface area contributed by atoms with Crippen molar-refractivity contribution in [2.45, 2.75) is 13.0 Å². The Hall–Kier alpha value is -4.07.